The van der Waals surface area contributed by atoms with E-state index in [0.717, 1.165) is 17.5 Å². The van der Waals surface area contributed by atoms with Gasteiger partial charge in [0, 0.05) is 11.1 Å². The van der Waals surface area contributed by atoms with Gasteiger partial charge in [-0.1, -0.05) is 52.0 Å². The van der Waals surface area contributed by atoms with Crippen LogP contribution >= 0.6 is 0 Å². The summed E-state index contributed by atoms with van der Waals surface area (Å²) in [5.74, 6) is -0.846. The fourth-order valence-electron chi connectivity index (χ4n) is 8.07. The highest BCUT2D eigenvalue weighted by atomic mass is 32.2. The lowest BCUT2D eigenvalue weighted by molar-refractivity contribution is -0.128. The van der Waals surface area contributed by atoms with E-state index in [1.54, 1.807) is 0 Å². The highest BCUT2D eigenvalue weighted by molar-refractivity contribution is 7.85. The zero-order valence-corrected chi connectivity index (χ0v) is 23.7. The molecule has 0 aromatic heterocycles. The van der Waals surface area contributed by atoms with Crippen molar-refractivity contribution in [2.45, 2.75) is 53.4 Å². The molecule has 0 heterocycles. The zero-order chi connectivity index (χ0) is 27.9. The summed E-state index contributed by atoms with van der Waals surface area (Å²) in [6.45, 7) is 7.77. The molecule has 0 aliphatic heterocycles. The Balaban J connectivity index is 1.41. The van der Waals surface area contributed by atoms with Crippen LogP contribution in [0.25, 0.3) is 12.2 Å². The summed E-state index contributed by atoms with van der Waals surface area (Å²) in [4.78, 5) is 26.9. The number of hydrogen-bond acceptors (Lipinski definition) is 6. The number of fused-ring (bicyclic) bond motifs is 4. The first-order chi connectivity index (χ1) is 17.6. The van der Waals surface area contributed by atoms with Crippen LogP contribution in [0.5, 0.6) is 0 Å². The number of hydrogen-bond donors (Lipinski definition) is 2. The van der Waals surface area contributed by atoms with Gasteiger partial charge in [-0.05, 0) is 71.6 Å². The van der Waals surface area contributed by atoms with E-state index in [2.05, 4.69) is 0 Å². The van der Waals surface area contributed by atoms with Gasteiger partial charge in [0.25, 0.3) is 10.1 Å². The normalized spacial score (nSPS) is 36.1. The number of carbonyl (C=O) groups excluding carboxylic acids is 2. The Morgan fingerprint density at radius 1 is 0.895 bits per heavy atom. The van der Waals surface area contributed by atoms with Gasteiger partial charge in [-0.15, -0.1) is 0 Å². The second-order valence-corrected chi connectivity index (χ2v) is 14.6. The number of allylic oxidation sites excluding steroid dienone is 2. The van der Waals surface area contributed by atoms with Crippen LogP contribution in [-0.2, 0) is 35.3 Å². The molecule has 5 unspecified atom stereocenters. The molecule has 206 valence electrons. The molecule has 5 atom stereocenters. The van der Waals surface area contributed by atoms with Crippen molar-refractivity contribution in [3.8, 4) is 0 Å². The highest BCUT2D eigenvalue weighted by Crippen LogP contribution is 2.67. The second kappa shape index (κ2) is 8.76. The second-order valence-electron chi connectivity index (χ2n) is 12.5. The summed E-state index contributed by atoms with van der Waals surface area (Å²) >= 11 is -2.43. The van der Waals surface area contributed by atoms with Gasteiger partial charge in [0.15, 0.2) is 11.6 Å². The number of ketones is 2. The maximum Gasteiger partial charge on any atom is 0.301 e. The Hall–Kier alpha value is -1.98. The van der Waals surface area contributed by atoms with E-state index in [1.807, 2.05) is 64.1 Å². The van der Waals surface area contributed by atoms with Crippen molar-refractivity contribution in [1.82, 2.24) is 0 Å². The lowest BCUT2D eigenvalue weighted by atomic mass is 9.69. The molecule has 0 radical (unpaired) electrons. The number of benzene rings is 1. The SMILES string of the molecule is CC1(C)C2CCC1(COS(=O)O)C(=O)C2=Cc1ccc(C=C2C(=O)C3(CS(=O)(=O)O)CCC2C3(C)C)cc1. The van der Waals surface area contributed by atoms with Crippen LogP contribution in [0.4, 0.5) is 0 Å². The molecule has 38 heavy (non-hydrogen) atoms. The van der Waals surface area contributed by atoms with E-state index >= 15 is 0 Å². The number of carbonyl (C=O) groups is 2. The predicted octanol–water partition coefficient (Wildman–Crippen LogP) is 4.51. The van der Waals surface area contributed by atoms with Gasteiger partial charge >= 0.3 is 11.4 Å². The average molecular weight is 563 g/mol. The standard InChI is InChI=1S/C28H34O8S2/c1-25(2)21-9-11-27(25,15-36-37(31)32)23(29)19(21)13-17-5-7-18(8-6-17)14-20-22-10-12-28(24(20)30,26(22,3)4)16-38(33,34)35/h5-8,13-14,21-22H,9-12,15-16H2,1-4H3,(H,31,32)(H,33,34,35). The van der Waals surface area contributed by atoms with Gasteiger partial charge in [0.05, 0.1) is 23.2 Å². The van der Waals surface area contributed by atoms with Crippen LogP contribution in [0, 0.1) is 33.5 Å². The van der Waals surface area contributed by atoms with Crippen molar-refractivity contribution in [3.63, 3.8) is 0 Å². The van der Waals surface area contributed by atoms with Crippen LogP contribution in [0.3, 0.4) is 0 Å². The Labute approximate surface area is 226 Å². The van der Waals surface area contributed by atoms with E-state index in [0.29, 0.717) is 30.4 Å². The van der Waals surface area contributed by atoms with E-state index in [1.165, 1.54) is 0 Å². The van der Waals surface area contributed by atoms with E-state index in [4.69, 9.17) is 8.74 Å². The quantitative estimate of drug-likeness (QED) is 0.282. The van der Waals surface area contributed by atoms with Crippen molar-refractivity contribution in [1.29, 1.82) is 0 Å². The molecular formula is C28H34O8S2. The molecule has 5 rings (SSSR count). The summed E-state index contributed by atoms with van der Waals surface area (Å²) in [6.07, 6.45) is 6.27. The largest absolute Gasteiger partial charge is 0.301 e. The third-order valence-electron chi connectivity index (χ3n) is 10.5. The molecule has 1 aromatic rings. The first-order valence-electron chi connectivity index (χ1n) is 12.9. The highest BCUT2D eigenvalue weighted by Gasteiger charge is 2.68. The maximum atomic E-state index is 13.5. The summed E-state index contributed by atoms with van der Waals surface area (Å²) in [5.41, 5.74) is 0.0395. The third-order valence-corrected chi connectivity index (χ3v) is 11.7. The number of Topliss-reactive ketones (excluding diaryl/α,β-unsaturated/α-hetero) is 2. The van der Waals surface area contributed by atoms with Gasteiger partial charge in [-0.3, -0.25) is 22.9 Å². The van der Waals surface area contributed by atoms with Crippen LogP contribution in [0.1, 0.15) is 64.5 Å². The van der Waals surface area contributed by atoms with Gasteiger partial charge < -0.3 is 0 Å². The lowest BCUT2D eigenvalue weighted by Gasteiger charge is -2.34. The molecule has 0 amide bonds. The van der Waals surface area contributed by atoms with Crippen LogP contribution in [-0.4, -0.2) is 45.7 Å². The van der Waals surface area contributed by atoms with Crippen molar-refractivity contribution < 1.29 is 35.5 Å². The molecular weight excluding hydrogens is 528 g/mol. The van der Waals surface area contributed by atoms with Crippen LogP contribution < -0.4 is 0 Å². The summed E-state index contributed by atoms with van der Waals surface area (Å²) in [5, 5.41) is 0. The maximum absolute atomic E-state index is 13.5. The molecule has 4 aliphatic carbocycles. The first-order valence-corrected chi connectivity index (χ1v) is 15.5. The average Bonchev–Trinajstić information content (AvgIpc) is 3.32. The molecule has 4 fully saturated rings. The van der Waals surface area contributed by atoms with Gasteiger partial charge in [-0.2, -0.15) is 12.6 Å². The van der Waals surface area contributed by atoms with Gasteiger partial charge in [0.1, 0.15) is 0 Å². The van der Waals surface area contributed by atoms with Crippen LogP contribution in [0.15, 0.2) is 35.4 Å². The predicted molar refractivity (Wildman–Crippen MR) is 143 cm³/mol. The smallest absolute Gasteiger partial charge is 0.294 e. The molecule has 4 bridgehead atoms. The van der Waals surface area contributed by atoms with E-state index in [9.17, 15) is 26.8 Å². The van der Waals surface area contributed by atoms with Gasteiger partial charge in [-0.25, -0.2) is 0 Å². The zero-order valence-electron chi connectivity index (χ0n) is 22.0. The Kier molecular flexibility index (Phi) is 6.36. The van der Waals surface area contributed by atoms with E-state index < -0.39 is 48.9 Å². The summed E-state index contributed by atoms with van der Waals surface area (Å²) < 4.78 is 58.4. The monoisotopic (exact) mass is 562 g/mol. The minimum Gasteiger partial charge on any atom is -0.294 e. The van der Waals surface area contributed by atoms with Crippen molar-refractivity contribution in [3.05, 3.63) is 46.5 Å². The van der Waals surface area contributed by atoms with Crippen molar-refractivity contribution in [2.24, 2.45) is 33.5 Å². The Bertz CT molecular complexity index is 1400. The lowest BCUT2D eigenvalue weighted by Crippen LogP contribution is -2.42. The summed E-state index contributed by atoms with van der Waals surface area (Å²) in [7, 11) is -4.32. The summed E-state index contributed by atoms with van der Waals surface area (Å²) in [6, 6.07) is 7.51. The molecule has 8 nitrogen and oxygen atoms in total. The third kappa shape index (κ3) is 3.86. The fraction of sp³-hybridized carbons (Fsp3) is 0.571. The molecule has 4 aliphatic rings. The minimum absolute atomic E-state index is 0.0282. The number of rotatable bonds is 7. The van der Waals surface area contributed by atoms with Gasteiger partial charge in [0.2, 0.25) is 0 Å². The molecule has 1 aromatic carbocycles. The molecule has 2 N–H and O–H groups in total. The Morgan fingerprint density at radius 3 is 1.76 bits per heavy atom. The fourth-order valence-corrected chi connectivity index (χ4v) is 9.65. The van der Waals surface area contributed by atoms with Crippen molar-refractivity contribution >= 4 is 45.2 Å². The Morgan fingerprint density at radius 2 is 1.32 bits per heavy atom. The first kappa shape index (κ1) is 27.6. The molecule has 0 saturated heterocycles. The molecule has 4 saturated carbocycles. The van der Waals surface area contributed by atoms with E-state index in [-0.39, 0.29) is 30.0 Å². The molecule has 0 spiro atoms. The topological polar surface area (TPSA) is 135 Å². The molecule has 10 heteroatoms. The van der Waals surface area contributed by atoms with Crippen molar-refractivity contribution in [2.75, 3.05) is 12.4 Å². The van der Waals surface area contributed by atoms with Crippen LogP contribution in [0.2, 0.25) is 0 Å². The minimum atomic E-state index is -4.32.